The van der Waals surface area contributed by atoms with Gasteiger partial charge in [-0.2, -0.15) is 0 Å². The van der Waals surface area contributed by atoms with E-state index in [9.17, 15) is 0 Å². The molecule has 0 bridgehead atoms. The smallest absolute Gasteiger partial charge is 0.0465 e. The fraction of sp³-hybridized carbons (Fsp3) is 0.273. The van der Waals surface area contributed by atoms with Gasteiger partial charge in [-0.05, 0) is 46.2 Å². The van der Waals surface area contributed by atoms with Crippen LogP contribution in [0.2, 0.25) is 0 Å². The van der Waals surface area contributed by atoms with E-state index >= 15 is 0 Å². The topological polar surface area (TPSA) is 15.8 Å². The van der Waals surface area contributed by atoms with E-state index in [0.29, 0.717) is 11.8 Å². The molecule has 0 amide bonds. The number of H-pyrrole nitrogens is 1. The van der Waals surface area contributed by atoms with Crippen molar-refractivity contribution < 1.29 is 0 Å². The molecule has 3 aromatic rings. The molecule has 0 radical (unpaired) electrons. The van der Waals surface area contributed by atoms with E-state index in [4.69, 9.17) is 0 Å². The number of aromatic nitrogens is 1. The Bertz CT molecular complexity index is 988. The summed E-state index contributed by atoms with van der Waals surface area (Å²) in [5.74, 6) is 1.11. The Labute approximate surface area is 136 Å². The van der Waals surface area contributed by atoms with Gasteiger partial charge in [-0.15, -0.1) is 0 Å². The summed E-state index contributed by atoms with van der Waals surface area (Å²) in [6.45, 7) is 4.79. The highest BCUT2D eigenvalue weighted by atomic mass is 14.8. The second-order valence-corrected chi connectivity index (χ2v) is 7.50. The van der Waals surface area contributed by atoms with E-state index < -0.39 is 0 Å². The molecule has 1 aromatic heterocycles. The number of aromatic amines is 1. The van der Waals surface area contributed by atoms with Crippen molar-refractivity contribution >= 4 is 21.7 Å². The molecule has 0 saturated heterocycles. The van der Waals surface area contributed by atoms with E-state index in [2.05, 4.69) is 79.5 Å². The minimum absolute atomic E-state index is 0.238. The van der Waals surface area contributed by atoms with E-state index in [1.54, 1.807) is 0 Å². The Kier molecular flexibility index (Phi) is 2.51. The molecular weight excluding hydrogens is 278 g/mol. The lowest BCUT2D eigenvalue weighted by Crippen LogP contribution is -2.36. The number of benzene rings is 2. The van der Waals surface area contributed by atoms with Gasteiger partial charge >= 0.3 is 0 Å². The van der Waals surface area contributed by atoms with Crippen LogP contribution in [0.5, 0.6) is 0 Å². The minimum Gasteiger partial charge on any atom is -0.358 e. The van der Waals surface area contributed by atoms with Crippen molar-refractivity contribution in [2.24, 2.45) is 11.3 Å². The molecular formula is C22H21N. The van der Waals surface area contributed by atoms with Crippen LogP contribution < -0.4 is 0 Å². The van der Waals surface area contributed by atoms with Gasteiger partial charge < -0.3 is 4.98 Å². The Hall–Kier alpha value is -2.28. The molecule has 114 valence electrons. The lowest BCUT2D eigenvalue weighted by Gasteiger charge is -2.43. The van der Waals surface area contributed by atoms with Crippen LogP contribution in [0.3, 0.4) is 0 Å². The molecule has 0 spiro atoms. The summed E-state index contributed by atoms with van der Waals surface area (Å²) >= 11 is 0. The molecule has 2 aromatic carbocycles. The monoisotopic (exact) mass is 299 g/mol. The molecule has 1 heteroatoms. The van der Waals surface area contributed by atoms with Crippen LogP contribution in [-0.2, 0) is 6.42 Å². The second-order valence-electron chi connectivity index (χ2n) is 7.50. The highest BCUT2D eigenvalue weighted by Gasteiger charge is 2.42. The normalized spacial score (nSPS) is 29.0. The third kappa shape index (κ3) is 1.74. The first kappa shape index (κ1) is 13.2. The van der Waals surface area contributed by atoms with Gasteiger partial charge in [0.05, 0.1) is 0 Å². The average Bonchev–Trinajstić information content (AvgIpc) is 2.90. The molecule has 0 fully saturated rings. The largest absolute Gasteiger partial charge is 0.358 e. The zero-order chi connectivity index (χ0) is 15.6. The summed E-state index contributed by atoms with van der Waals surface area (Å²) in [7, 11) is 0. The Morgan fingerprint density at radius 1 is 1.09 bits per heavy atom. The van der Waals surface area contributed by atoms with Crippen LogP contribution in [0, 0.1) is 11.3 Å². The predicted octanol–water partition coefficient (Wildman–Crippen LogP) is 5.73. The van der Waals surface area contributed by atoms with E-state index in [0.717, 1.165) is 6.42 Å². The van der Waals surface area contributed by atoms with Crippen LogP contribution >= 0.6 is 0 Å². The minimum atomic E-state index is 0.238. The molecule has 2 aliphatic carbocycles. The third-order valence-corrected chi connectivity index (χ3v) is 6.03. The van der Waals surface area contributed by atoms with Crippen molar-refractivity contribution in [3.63, 3.8) is 0 Å². The summed E-state index contributed by atoms with van der Waals surface area (Å²) in [4.78, 5) is 3.75. The number of nitrogens with one attached hydrogen (secondary N) is 1. The fourth-order valence-corrected chi connectivity index (χ4v) is 4.80. The first-order valence-electron chi connectivity index (χ1n) is 8.55. The van der Waals surface area contributed by atoms with E-state index in [1.807, 2.05) is 0 Å². The maximum Gasteiger partial charge on any atom is 0.0465 e. The SMILES string of the molecule is CC1c2[nH]c3cc4ccccc4cc3c2CC2(C)C=CC=CC12. The highest BCUT2D eigenvalue weighted by Crippen LogP contribution is 2.51. The van der Waals surface area contributed by atoms with Crippen molar-refractivity contribution in [2.45, 2.75) is 26.2 Å². The number of hydrogen-bond acceptors (Lipinski definition) is 0. The summed E-state index contributed by atoms with van der Waals surface area (Å²) in [5.41, 5.74) is 4.49. The lowest BCUT2D eigenvalue weighted by molar-refractivity contribution is 0.246. The zero-order valence-electron chi connectivity index (χ0n) is 13.6. The van der Waals surface area contributed by atoms with Crippen LogP contribution in [0.15, 0.2) is 60.7 Å². The number of hydrogen-bond donors (Lipinski definition) is 1. The molecule has 0 saturated carbocycles. The van der Waals surface area contributed by atoms with Gasteiger partial charge in [0, 0.05) is 22.5 Å². The van der Waals surface area contributed by atoms with Gasteiger partial charge in [0.15, 0.2) is 0 Å². The second kappa shape index (κ2) is 4.38. The maximum absolute atomic E-state index is 3.75. The first-order valence-corrected chi connectivity index (χ1v) is 8.55. The maximum atomic E-state index is 3.75. The van der Waals surface area contributed by atoms with Crippen LogP contribution in [0.25, 0.3) is 21.7 Å². The third-order valence-electron chi connectivity index (χ3n) is 6.03. The number of fused-ring (bicyclic) bond motifs is 5. The fourth-order valence-electron chi connectivity index (χ4n) is 4.80. The molecule has 1 N–H and O–H groups in total. The molecule has 23 heavy (non-hydrogen) atoms. The summed E-state index contributed by atoms with van der Waals surface area (Å²) < 4.78 is 0. The van der Waals surface area contributed by atoms with Gasteiger partial charge in [0.1, 0.15) is 0 Å². The highest BCUT2D eigenvalue weighted by molar-refractivity contribution is 5.99. The van der Waals surface area contributed by atoms with E-state index in [-0.39, 0.29) is 5.41 Å². The average molecular weight is 299 g/mol. The quantitative estimate of drug-likeness (QED) is 0.545. The number of allylic oxidation sites excluding steroid dienone is 4. The van der Waals surface area contributed by atoms with Crippen molar-refractivity contribution in [3.05, 3.63) is 72.0 Å². The lowest BCUT2D eigenvalue weighted by atomic mass is 9.61. The molecule has 1 nitrogen and oxygen atoms in total. The first-order chi connectivity index (χ1) is 11.2. The van der Waals surface area contributed by atoms with Crippen LogP contribution in [0.4, 0.5) is 0 Å². The molecule has 0 aliphatic heterocycles. The molecule has 3 atom stereocenters. The van der Waals surface area contributed by atoms with Gasteiger partial charge in [-0.1, -0.05) is 62.4 Å². The van der Waals surface area contributed by atoms with Gasteiger partial charge in [-0.3, -0.25) is 0 Å². The zero-order valence-corrected chi connectivity index (χ0v) is 13.6. The summed E-state index contributed by atoms with van der Waals surface area (Å²) in [5, 5.41) is 4.06. The number of rotatable bonds is 0. The predicted molar refractivity (Wildman–Crippen MR) is 97.8 cm³/mol. The van der Waals surface area contributed by atoms with Crippen molar-refractivity contribution in [2.75, 3.05) is 0 Å². The summed E-state index contributed by atoms with van der Waals surface area (Å²) in [6, 6.07) is 13.3. The van der Waals surface area contributed by atoms with Gasteiger partial charge in [0.2, 0.25) is 0 Å². The van der Waals surface area contributed by atoms with Gasteiger partial charge in [-0.25, -0.2) is 0 Å². The van der Waals surface area contributed by atoms with Crippen LogP contribution in [0.1, 0.15) is 31.0 Å². The standard InChI is InChI=1S/C22H21N/c1-14-19-9-5-6-10-22(19,2)13-18-17-11-15-7-3-4-8-16(15)12-20(17)23-21(14)18/h3-12,14,19,23H,13H2,1-2H3. The summed E-state index contributed by atoms with van der Waals surface area (Å²) in [6.07, 6.45) is 10.4. The van der Waals surface area contributed by atoms with Crippen molar-refractivity contribution in [3.8, 4) is 0 Å². The van der Waals surface area contributed by atoms with E-state index in [1.165, 1.54) is 32.9 Å². The Morgan fingerprint density at radius 3 is 2.70 bits per heavy atom. The van der Waals surface area contributed by atoms with Crippen LogP contribution in [-0.4, -0.2) is 4.98 Å². The van der Waals surface area contributed by atoms with Crippen molar-refractivity contribution in [1.29, 1.82) is 0 Å². The molecule has 5 rings (SSSR count). The molecule has 2 aliphatic rings. The Balaban J connectivity index is 1.80. The van der Waals surface area contributed by atoms with Crippen molar-refractivity contribution in [1.82, 2.24) is 4.98 Å². The molecule has 1 heterocycles. The van der Waals surface area contributed by atoms with Gasteiger partial charge in [0.25, 0.3) is 0 Å². The Morgan fingerprint density at radius 2 is 1.87 bits per heavy atom. The molecule has 3 unspecified atom stereocenters.